The van der Waals surface area contributed by atoms with E-state index < -0.39 is 10.0 Å². The highest BCUT2D eigenvalue weighted by Gasteiger charge is 2.21. The Kier molecular flexibility index (Phi) is 5.93. The molecule has 5 rings (SSSR count). The first-order valence-electron chi connectivity index (χ1n) is 10.5. The fourth-order valence-corrected chi connectivity index (χ4v) is 5.06. The first-order chi connectivity index (χ1) is 16.8. The van der Waals surface area contributed by atoms with Gasteiger partial charge in [0.05, 0.1) is 13.7 Å². The number of primary sulfonamides is 1. The molecular weight excluding hydrogens is 486 g/mol. The molecule has 4 aromatic heterocycles. The summed E-state index contributed by atoms with van der Waals surface area (Å²) in [5.74, 6) is 0.743. The average molecular weight is 508 g/mol. The molecule has 0 unspecified atom stereocenters. The van der Waals surface area contributed by atoms with Crippen molar-refractivity contribution in [1.82, 2.24) is 24.6 Å². The van der Waals surface area contributed by atoms with Crippen LogP contribution < -0.4 is 15.2 Å². The fraction of sp³-hybridized carbons (Fsp3) is 0.130. The predicted octanol–water partition coefficient (Wildman–Crippen LogP) is 3.49. The number of sulfonamides is 1. The number of ether oxygens (including phenoxy) is 1. The summed E-state index contributed by atoms with van der Waals surface area (Å²) in [6, 6.07) is 13.3. The zero-order valence-electron chi connectivity index (χ0n) is 18.8. The SMILES string of the molecule is COc1ncc(-c2nc(NCc3nc(C)cs3)c3c(-c4ccccc4)ccn3n2)cc1S(N)(=O)=O. The van der Waals surface area contributed by atoms with Gasteiger partial charge in [-0.3, -0.25) is 0 Å². The minimum absolute atomic E-state index is 0.0952. The lowest BCUT2D eigenvalue weighted by molar-refractivity contribution is 0.385. The van der Waals surface area contributed by atoms with E-state index in [9.17, 15) is 8.42 Å². The number of aryl methyl sites for hydroxylation is 1. The maximum absolute atomic E-state index is 12.1. The number of aromatic nitrogens is 5. The molecule has 35 heavy (non-hydrogen) atoms. The number of fused-ring (bicyclic) bond motifs is 1. The molecular formula is C23H21N7O3S2. The Hall–Kier alpha value is -3.87. The summed E-state index contributed by atoms with van der Waals surface area (Å²) >= 11 is 1.56. The predicted molar refractivity (Wildman–Crippen MR) is 134 cm³/mol. The van der Waals surface area contributed by atoms with Crippen LogP contribution in [0.15, 0.2) is 65.1 Å². The van der Waals surface area contributed by atoms with Gasteiger partial charge in [0.15, 0.2) is 11.6 Å². The number of methoxy groups -OCH3 is 1. The number of nitrogens with zero attached hydrogens (tertiary/aromatic N) is 5. The van der Waals surface area contributed by atoms with E-state index in [0.29, 0.717) is 17.9 Å². The zero-order valence-corrected chi connectivity index (χ0v) is 20.5. The number of pyridine rings is 1. The van der Waals surface area contributed by atoms with Crippen LogP contribution in [0.25, 0.3) is 28.0 Å². The molecule has 5 aromatic rings. The molecule has 0 fully saturated rings. The standard InChI is InChI=1S/C23H21N7O3S2/c1-14-13-34-19(27-14)12-25-22-20-17(15-6-4-3-5-7-15)8-9-30(20)29-21(28-22)16-10-18(35(24,31)32)23(33-2)26-11-16/h3-11,13H,12H2,1-2H3,(H2,24,31,32)(H,25,28,29). The van der Waals surface area contributed by atoms with E-state index in [1.165, 1.54) is 19.4 Å². The van der Waals surface area contributed by atoms with E-state index in [4.69, 9.17) is 14.9 Å². The lowest BCUT2D eigenvalue weighted by atomic mass is 10.1. The van der Waals surface area contributed by atoms with Crippen LogP contribution in [-0.4, -0.2) is 40.1 Å². The maximum Gasteiger partial charge on any atom is 0.243 e. The summed E-state index contributed by atoms with van der Waals surface area (Å²) in [6.45, 7) is 2.41. The molecule has 4 heterocycles. The Morgan fingerprint density at radius 1 is 1.14 bits per heavy atom. The van der Waals surface area contributed by atoms with Crippen molar-refractivity contribution in [2.45, 2.75) is 18.4 Å². The van der Waals surface area contributed by atoms with Crippen molar-refractivity contribution in [3.05, 3.63) is 70.9 Å². The van der Waals surface area contributed by atoms with E-state index in [1.54, 1.807) is 15.9 Å². The van der Waals surface area contributed by atoms with E-state index in [-0.39, 0.29) is 16.6 Å². The quantitative estimate of drug-likeness (QED) is 0.341. The topological polar surface area (TPSA) is 137 Å². The highest BCUT2D eigenvalue weighted by atomic mass is 32.2. The molecule has 0 atom stereocenters. The van der Waals surface area contributed by atoms with Gasteiger partial charge in [-0.2, -0.15) is 0 Å². The Morgan fingerprint density at radius 2 is 1.94 bits per heavy atom. The van der Waals surface area contributed by atoms with Crippen LogP contribution in [0.4, 0.5) is 5.82 Å². The number of rotatable bonds is 7. The highest BCUT2D eigenvalue weighted by Crippen LogP contribution is 2.32. The van der Waals surface area contributed by atoms with Crippen molar-refractivity contribution in [3.63, 3.8) is 0 Å². The first-order valence-corrected chi connectivity index (χ1v) is 12.9. The molecule has 0 aliphatic rings. The highest BCUT2D eigenvalue weighted by molar-refractivity contribution is 7.89. The van der Waals surface area contributed by atoms with E-state index in [1.807, 2.05) is 54.9 Å². The van der Waals surface area contributed by atoms with Crippen LogP contribution in [0.5, 0.6) is 5.88 Å². The zero-order chi connectivity index (χ0) is 24.6. The van der Waals surface area contributed by atoms with Crippen LogP contribution in [0.3, 0.4) is 0 Å². The van der Waals surface area contributed by atoms with Crippen molar-refractivity contribution in [3.8, 4) is 28.4 Å². The second kappa shape index (κ2) is 9.06. The number of benzene rings is 1. The smallest absolute Gasteiger partial charge is 0.243 e. The molecule has 3 N–H and O–H groups in total. The maximum atomic E-state index is 12.1. The number of nitrogens with two attached hydrogens (primary N) is 1. The summed E-state index contributed by atoms with van der Waals surface area (Å²) in [7, 11) is -2.75. The second-order valence-corrected chi connectivity index (χ2v) is 10.2. The summed E-state index contributed by atoms with van der Waals surface area (Å²) in [4.78, 5) is 13.1. The van der Waals surface area contributed by atoms with Gasteiger partial charge < -0.3 is 10.1 Å². The molecule has 0 aliphatic heterocycles. The monoisotopic (exact) mass is 507 g/mol. The molecule has 0 amide bonds. The van der Waals surface area contributed by atoms with Crippen LogP contribution in [0.2, 0.25) is 0 Å². The van der Waals surface area contributed by atoms with Gasteiger partial charge in [-0.25, -0.2) is 33.0 Å². The number of anilines is 1. The fourth-order valence-electron chi connectivity index (χ4n) is 3.68. The Bertz CT molecular complexity index is 1630. The molecule has 178 valence electrons. The number of hydrogen-bond donors (Lipinski definition) is 2. The summed E-state index contributed by atoms with van der Waals surface area (Å²) in [5, 5.41) is 16.3. The number of hydrogen-bond acceptors (Lipinski definition) is 9. The lowest BCUT2D eigenvalue weighted by Gasteiger charge is -2.12. The van der Waals surface area contributed by atoms with Gasteiger partial charge in [-0.1, -0.05) is 30.3 Å². The van der Waals surface area contributed by atoms with Crippen molar-refractivity contribution in [1.29, 1.82) is 0 Å². The minimum atomic E-state index is -4.08. The van der Waals surface area contributed by atoms with Gasteiger partial charge in [-0.05, 0) is 24.6 Å². The molecule has 0 radical (unpaired) electrons. The van der Waals surface area contributed by atoms with Crippen molar-refractivity contribution >= 4 is 32.7 Å². The van der Waals surface area contributed by atoms with Gasteiger partial charge in [0, 0.05) is 34.6 Å². The molecule has 10 nitrogen and oxygen atoms in total. The molecule has 12 heteroatoms. The minimum Gasteiger partial charge on any atom is -0.480 e. The molecule has 0 saturated heterocycles. The Labute approximate surface area is 205 Å². The normalized spacial score (nSPS) is 11.6. The lowest BCUT2D eigenvalue weighted by Crippen LogP contribution is -2.14. The van der Waals surface area contributed by atoms with E-state index in [0.717, 1.165) is 27.3 Å². The van der Waals surface area contributed by atoms with Gasteiger partial charge in [0.2, 0.25) is 15.9 Å². The molecule has 1 aromatic carbocycles. The van der Waals surface area contributed by atoms with E-state index in [2.05, 4.69) is 20.4 Å². The second-order valence-electron chi connectivity index (χ2n) is 7.69. The van der Waals surface area contributed by atoms with Gasteiger partial charge in [-0.15, -0.1) is 16.4 Å². The van der Waals surface area contributed by atoms with E-state index >= 15 is 0 Å². The van der Waals surface area contributed by atoms with Crippen LogP contribution >= 0.6 is 11.3 Å². The Morgan fingerprint density at radius 3 is 2.63 bits per heavy atom. The van der Waals surface area contributed by atoms with Gasteiger partial charge in [0.1, 0.15) is 15.4 Å². The molecule has 0 spiro atoms. The van der Waals surface area contributed by atoms with Gasteiger partial charge >= 0.3 is 0 Å². The van der Waals surface area contributed by atoms with Crippen molar-refractivity contribution in [2.75, 3.05) is 12.4 Å². The summed E-state index contributed by atoms with van der Waals surface area (Å²) in [6.07, 6.45) is 3.28. The molecule has 0 saturated carbocycles. The molecule has 0 bridgehead atoms. The number of nitrogens with one attached hydrogen (secondary N) is 1. The van der Waals surface area contributed by atoms with Crippen LogP contribution in [0.1, 0.15) is 10.7 Å². The summed E-state index contributed by atoms with van der Waals surface area (Å²) < 4.78 is 31.0. The van der Waals surface area contributed by atoms with Crippen LogP contribution in [-0.2, 0) is 16.6 Å². The summed E-state index contributed by atoms with van der Waals surface area (Å²) in [5.41, 5.74) is 4.07. The van der Waals surface area contributed by atoms with Crippen molar-refractivity contribution < 1.29 is 13.2 Å². The largest absolute Gasteiger partial charge is 0.480 e. The van der Waals surface area contributed by atoms with Gasteiger partial charge in [0.25, 0.3) is 0 Å². The third kappa shape index (κ3) is 4.58. The third-order valence-corrected chi connectivity index (χ3v) is 7.12. The molecule has 0 aliphatic carbocycles. The third-order valence-electron chi connectivity index (χ3n) is 5.25. The number of thiazole rings is 1. The van der Waals surface area contributed by atoms with Crippen molar-refractivity contribution in [2.24, 2.45) is 5.14 Å². The average Bonchev–Trinajstić information content (AvgIpc) is 3.48. The Balaban J connectivity index is 1.66. The van der Waals surface area contributed by atoms with Crippen LogP contribution in [0, 0.1) is 6.92 Å². The first kappa shape index (κ1) is 22.9.